The number of carbonyl (C=O) groups excluding carboxylic acids is 1. The fourth-order valence-corrected chi connectivity index (χ4v) is 1.95. The van der Waals surface area contributed by atoms with E-state index in [0.717, 1.165) is 22.6 Å². The Labute approximate surface area is 101 Å². The molecule has 16 heavy (non-hydrogen) atoms. The molecule has 0 heterocycles. The maximum Gasteiger partial charge on any atom is 0.234 e. The van der Waals surface area contributed by atoms with Crippen LogP contribution in [0.25, 0.3) is 0 Å². The van der Waals surface area contributed by atoms with E-state index in [4.69, 9.17) is 0 Å². The molecule has 0 saturated heterocycles. The highest BCUT2D eigenvalue weighted by molar-refractivity contribution is 8.00. The number of nitrogens with one attached hydrogen (secondary N) is 1. The van der Waals surface area contributed by atoms with E-state index in [9.17, 15) is 4.79 Å². The van der Waals surface area contributed by atoms with Gasteiger partial charge in [-0.15, -0.1) is 11.8 Å². The molecule has 1 rings (SSSR count). The van der Waals surface area contributed by atoms with Crippen molar-refractivity contribution in [3.05, 3.63) is 42.0 Å². The van der Waals surface area contributed by atoms with Crippen LogP contribution < -0.4 is 5.32 Å². The van der Waals surface area contributed by atoms with E-state index in [1.54, 1.807) is 11.8 Å². The van der Waals surface area contributed by atoms with Crippen LogP contribution in [0.3, 0.4) is 0 Å². The average Bonchev–Trinajstić information content (AvgIpc) is 2.16. The van der Waals surface area contributed by atoms with Gasteiger partial charge in [-0.2, -0.15) is 0 Å². The number of hydrogen-bond acceptors (Lipinski definition) is 2. The van der Waals surface area contributed by atoms with E-state index < -0.39 is 0 Å². The molecule has 2 nitrogen and oxygen atoms in total. The summed E-state index contributed by atoms with van der Waals surface area (Å²) < 4.78 is 0. The van der Waals surface area contributed by atoms with Crippen molar-refractivity contribution in [2.45, 2.75) is 13.8 Å². The predicted molar refractivity (Wildman–Crippen MR) is 71.9 cm³/mol. The summed E-state index contributed by atoms with van der Waals surface area (Å²) in [5.74, 6) is 1.35. The molecule has 0 saturated carbocycles. The maximum atomic E-state index is 11.5. The van der Waals surface area contributed by atoms with Gasteiger partial charge in [0.15, 0.2) is 0 Å². The van der Waals surface area contributed by atoms with Gasteiger partial charge in [0.2, 0.25) is 5.91 Å². The minimum atomic E-state index is 0.0388. The molecule has 0 aliphatic rings. The highest BCUT2D eigenvalue weighted by Gasteiger charge is 2.02. The van der Waals surface area contributed by atoms with Gasteiger partial charge in [-0.05, 0) is 31.5 Å². The third-order valence-electron chi connectivity index (χ3n) is 1.88. The van der Waals surface area contributed by atoms with Gasteiger partial charge >= 0.3 is 0 Å². The van der Waals surface area contributed by atoms with Crippen molar-refractivity contribution in [1.82, 2.24) is 0 Å². The Balaban J connectivity index is 2.37. The Morgan fingerprint density at radius 1 is 1.44 bits per heavy atom. The molecule has 86 valence electrons. The van der Waals surface area contributed by atoms with Gasteiger partial charge in [0, 0.05) is 11.4 Å². The lowest BCUT2D eigenvalue weighted by Gasteiger charge is -2.05. The monoisotopic (exact) mass is 235 g/mol. The van der Waals surface area contributed by atoms with Crippen molar-refractivity contribution in [3.63, 3.8) is 0 Å². The molecule has 0 aliphatic carbocycles. The van der Waals surface area contributed by atoms with Gasteiger partial charge in [0.05, 0.1) is 5.75 Å². The second-order valence-corrected chi connectivity index (χ2v) is 4.85. The minimum absolute atomic E-state index is 0.0388. The van der Waals surface area contributed by atoms with E-state index in [1.807, 2.05) is 38.1 Å². The normalized spacial score (nSPS) is 9.88. The molecule has 0 spiro atoms. The van der Waals surface area contributed by atoms with E-state index in [-0.39, 0.29) is 5.91 Å². The molecule has 1 amide bonds. The van der Waals surface area contributed by atoms with Crippen molar-refractivity contribution < 1.29 is 4.79 Å². The lowest BCUT2D eigenvalue weighted by atomic mass is 10.2. The highest BCUT2D eigenvalue weighted by Crippen LogP contribution is 2.11. The van der Waals surface area contributed by atoms with Crippen LogP contribution in [-0.2, 0) is 4.79 Å². The molecule has 0 aromatic heterocycles. The van der Waals surface area contributed by atoms with E-state index in [2.05, 4.69) is 11.9 Å². The Morgan fingerprint density at radius 3 is 2.81 bits per heavy atom. The molecule has 1 N–H and O–H groups in total. The molecular weight excluding hydrogens is 218 g/mol. The summed E-state index contributed by atoms with van der Waals surface area (Å²) in [5, 5.41) is 2.87. The SMILES string of the molecule is C=C(C)CSCC(=O)Nc1cccc(C)c1. The van der Waals surface area contributed by atoms with Crippen LogP contribution in [0.15, 0.2) is 36.4 Å². The molecule has 0 radical (unpaired) electrons. The highest BCUT2D eigenvalue weighted by atomic mass is 32.2. The molecule has 0 bridgehead atoms. The van der Waals surface area contributed by atoms with Crippen molar-refractivity contribution in [2.24, 2.45) is 0 Å². The molecule has 3 heteroatoms. The predicted octanol–water partition coefficient (Wildman–Crippen LogP) is 3.24. The second-order valence-electron chi connectivity index (χ2n) is 3.87. The van der Waals surface area contributed by atoms with Crippen molar-refractivity contribution >= 4 is 23.4 Å². The van der Waals surface area contributed by atoms with Crippen molar-refractivity contribution in [2.75, 3.05) is 16.8 Å². The minimum Gasteiger partial charge on any atom is -0.325 e. The first-order chi connectivity index (χ1) is 7.58. The molecule has 0 fully saturated rings. The first-order valence-electron chi connectivity index (χ1n) is 5.16. The Hall–Kier alpha value is -1.22. The van der Waals surface area contributed by atoms with E-state index in [0.29, 0.717) is 5.75 Å². The summed E-state index contributed by atoms with van der Waals surface area (Å²) in [6, 6.07) is 7.80. The van der Waals surface area contributed by atoms with Crippen LogP contribution in [0.2, 0.25) is 0 Å². The number of benzene rings is 1. The summed E-state index contributed by atoms with van der Waals surface area (Å²) in [4.78, 5) is 11.5. The largest absolute Gasteiger partial charge is 0.325 e. The molecule has 0 atom stereocenters. The molecule has 1 aromatic rings. The lowest BCUT2D eigenvalue weighted by Crippen LogP contribution is -2.14. The topological polar surface area (TPSA) is 29.1 Å². The van der Waals surface area contributed by atoms with Crippen LogP contribution in [0.1, 0.15) is 12.5 Å². The quantitative estimate of drug-likeness (QED) is 0.794. The van der Waals surface area contributed by atoms with Crippen LogP contribution in [-0.4, -0.2) is 17.4 Å². The number of carbonyl (C=O) groups is 1. The van der Waals surface area contributed by atoms with Gasteiger partial charge in [-0.25, -0.2) is 0 Å². The third-order valence-corrected chi connectivity index (χ3v) is 3.05. The zero-order chi connectivity index (χ0) is 12.0. The Bertz CT molecular complexity index is 387. The number of amides is 1. The van der Waals surface area contributed by atoms with Gasteiger partial charge in [0.25, 0.3) is 0 Å². The van der Waals surface area contributed by atoms with Crippen LogP contribution in [0.4, 0.5) is 5.69 Å². The summed E-state index contributed by atoms with van der Waals surface area (Å²) in [6.45, 7) is 7.76. The maximum absolute atomic E-state index is 11.5. The number of anilines is 1. The summed E-state index contributed by atoms with van der Waals surface area (Å²) in [6.07, 6.45) is 0. The number of thioether (sulfide) groups is 1. The van der Waals surface area contributed by atoms with E-state index >= 15 is 0 Å². The number of hydrogen-bond donors (Lipinski definition) is 1. The summed E-state index contributed by atoms with van der Waals surface area (Å²) >= 11 is 1.58. The lowest BCUT2D eigenvalue weighted by molar-refractivity contribution is -0.113. The van der Waals surface area contributed by atoms with Crippen LogP contribution >= 0.6 is 11.8 Å². The van der Waals surface area contributed by atoms with Gasteiger partial charge in [0.1, 0.15) is 0 Å². The summed E-state index contributed by atoms with van der Waals surface area (Å²) in [7, 11) is 0. The summed E-state index contributed by atoms with van der Waals surface area (Å²) in [5.41, 5.74) is 3.10. The van der Waals surface area contributed by atoms with Gasteiger partial charge in [-0.1, -0.05) is 24.3 Å². The fraction of sp³-hybridized carbons (Fsp3) is 0.308. The van der Waals surface area contributed by atoms with Crippen molar-refractivity contribution in [3.8, 4) is 0 Å². The second kappa shape index (κ2) is 6.38. The molecule has 0 unspecified atom stereocenters. The van der Waals surface area contributed by atoms with Crippen LogP contribution in [0, 0.1) is 6.92 Å². The molecule has 0 aliphatic heterocycles. The number of aryl methyl sites for hydroxylation is 1. The fourth-order valence-electron chi connectivity index (χ4n) is 1.24. The third kappa shape index (κ3) is 5.03. The zero-order valence-electron chi connectivity index (χ0n) is 9.75. The Morgan fingerprint density at radius 2 is 2.19 bits per heavy atom. The molecular formula is C13H17NOS. The van der Waals surface area contributed by atoms with Gasteiger partial charge in [-0.3, -0.25) is 4.79 Å². The average molecular weight is 235 g/mol. The standard InChI is InChI=1S/C13H17NOS/c1-10(2)8-16-9-13(15)14-12-6-4-5-11(3)7-12/h4-7H,1,8-9H2,2-3H3,(H,14,15). The zero-order valence-corrected chi connectivity index (χ0v) is 10.6. The van der Waals surface area contributed by atoms with E-state index in [1.165, 1.54) is 0 Å². The smallest absolute Gasteiger partial charge is 0.234 e. The Kier molecular flexibility index (Phi) is 5.12. The number of rotatable bonds is 5. The first-order valence-corrected chi connectivity index (χ1v) is 6.32. The first kappa shape index (κ1) is 12.8. The van der Waals surface area contributed by atoms with Gasteiger partial charge < -0.3 is 5.32 Å². The molecule has 1 aromatic carbocycles. The van der Waals surface area contributed by atoms with Crippen LogP contribution in [0.5, 0.6) is 0 Å². The van der Waals surface area contributed by atoms with Crippen molar-refractivity contribution in [1.29, 1.82) is 0 Å².